The highest BCUT2D eigenvalue weighted by atomic mass is 35.5. The van der Waals surface area contributed by atoms with Gasteiger partial charge in [-0.1, -0.05) is 23.7 Å². The van der Waals surface area contributed by atoms with Gasteiger partial charge in [0.2, 0.25) is 0 Å². The summed E-state index contributed by atoms with van der Waals surface area (Å²) in [4.78, 5) is 21.5. The number of aromatic nitrogens is 4. The molecule has 27 heavy (non-hydrogen) atoms. The third-order valence-electron chi connectivity index (χ3n) is 4.14. The van der Waals surface area contributed by atoms with Gasteiger partial charge in [0.25, 0.3) is 0 Å². The minimum Gasteiger partial charge on any atom is -0.458 e. The summed E-state index contributed by atoms with van der Waals surface area (Å²) < 4.78 is 9.17. The normalized spacial score (nSPS) is 11.3. The molecule has 1 aromatic carbocycles. The number of nitrogens with zero attached hydrogens (tertiary/aromatic N) is 4. The van der Waals surface area contributed by atoms with E-state index < -0.39 is 0 Å². The Bertz CT molecular complexity index is 1120. The molecule has 0 saturated carbocycles. The van der Waals surface area contributed by atoms with Gasteiger partial charge in [0.05, 0.1) is 27.5 Å². The highest BCUT2D eigenvalue weighted by Crippen LogP contribution is 2.19. The fourth-order valence-corrected chi connectivity index (χ4v) is 3.60. The number of rotatable bonds is 6. The third kappa shape index (κ3) is 3.79. The molecule has 6 nitrogen and oxygen atoms in total. The summed E-state index contributed by atoms with van der Waals surface area (Å²) >= 11 is 7.64. The Balaban J connectivity index is 1.49. The van der Waals surface area contributed by atoms with Crippen molar-refractivity contribution in [3.05, 3.63) is 65.3 Å². The van der Waals surface area contributed by atoms with E-state index in [9.17, 15) is 4.79 Å². The number of ether oxygens (including phenoxy) is 1. The number of hydrogen-bond donors (Lipinski definition) is 0. The molecule has 0 unspecified atom stereocenters. The van der Waals surface area contributed by atoms with Gasteiger partial charge < -0.3 is 13.7 Å². The van der Waals surface area contributed by atoms with Crippen LogP contribution in [-0.4, -0.2) is 31.2 Å². The molecule has 0 spiro atoms. The first kappa shape index (κ1) is 17.9. The molecular formula is C19H17ClN4O2S. The minimum atomic E-state index is -0.324. The van der Waals surface area contributed by atoms with Gasteiger partial charge in [-0.25, -0.2) is 9.97 Å². The zero-order valence-corrected chi connectivity index (χ0v) is 16.2. The summed E-state index contributed by atoms with van der Waals surface area (Å²) in [7, 11) is 0. The van der Waals surface area contributed by atoms with Gasteiger partial charge in [-0.2, -0.15) is 11.8 Å². The lowest BCUT2D eigenvalue weighted by molar-refractivity contribution is -0.145. The highest BCUT2D eigenvalue weighted by molar-refractivity contribution is 7.97. The number of carbonyl (C=O) groups is 1. The number of thioether (sulfide) groups is 1. The van der Waals surface area contributed by atoms with Crippen LogP contribution in [0.25, 0.3) is 16.7 Å². The third-order valence-corrected chi connectivity index (χ3v) is 4.91. The maximum atomic E-state index is 12.4. The minimum absolute atomic E-state index is 0.114. The lowest BCUT2D eigenvalue weighted by atomic mass is 10.3. The van der Waals surface area contributed by atoms with E-state index in [2.05, 4.69) is 9.97 Å². The number of esters is 1. The molecule has 0 bridgehead atoms. The molecule has 8 heteroatoms. The van der Waals surface area contributed by atoms with Crippen LogP contribution in [-0.2, 0) is 28.4 Å². The second-order valence-corrected chi connectivity index (χ2v) is 7.34. The second kappa shape index (κ2) is 7.62. The fourth-order valence-electron chi connectivity index (χ4n) is 2.96. The summed E-state index contributed by atoms with van der Waals surface area (Å²) in [6.07, 6.45) is 5.58. The first-order valence-corrected chi connectivity index (χ1v) is 10.1. The Labute approximate surface area is 165 Å². The van der Waals surface area contributed by atoms with Gasteiger partial charge in [0, 0.05) is 12.4 Å². The lowest BCUT2D eigenvalue weighted by Crippen LogP contribution is -2.15. The molecule has 0 radical (unpaired) electrons. The van der Waals surface area contributed by atoms with Crippen LogP contribution in [0, 0.1) is 0 Å². The van der Waals surface area contributed by atoms with Crippen LogP contribution >= 0.6 is 23.4 Å². The van der Waals surface area contributed by atoms with Crippen molar-refractivity contribution in [1.82, 2.24) is 18.9 Å². The second-order valence-electron chi connectivity index (χ2n) is 6.04. The number of carbonyl (C=O) groups excluding carboxylic acids is 1. The Morgan fingerprint density at radius 3 is 2.89 bits per heavy atom. The van der Waals surface area contributed by atoms with Gasteiger partial charge in [0.15, 0.2) is 0 Å². The number of benzene rings is 1. The van der Waals surface area contributed by atoms with Crippen LogP contribution in [0.2, 0.25) is 5.02 Å². The Morgan fingerprint density at radius 2 is 2.04 bits per heavy atom. The van der Waals surface area contributed by atoms with Gasteiger partial charge in [-0.15, -0.1) is 0 Å². The topological polar surface area (TPSA) is 61.4 Å². The molecule has 3 aromatic heterocycles. The maximum absolute atomic E-state index is 12.4. The van der Waals surface area contributed by atoms with E-state index in [0.717, 1.165) is 28.3 Å². The number of hydrogen-bond acceptors (Lipinski definition) is 5. The highest BCUT2D eigenvalue weighted by Gasteiger charge is 2.14. The van der Waals surface area contributed by atoms with Crippen LogP contribution in [0.1, 0.15) is 11.5 Å². The zero-order valence-electron chi connectivity index (χ0n) is 14.6. The number of imidazole rings is 2. The molecule has 0 saturated heterocycles. The molecule has 0 aliphatic heterocycles. The average Bonchev–Trinajstić information content (AvgIpc) is 3.21. The first-order valence-electron chi connectivity index (χ1n) is 8.36. The smallest absolute Gasteiger partial charge is 0.326 e. The van der Waals surface area contributed by atoms with Crippen LogP contribution in [0.15, 0.2) is 48.8 Å². The average molecular weight is 401 g/mol. The van der Waals surface area contributed by atoms with Crippen molar-refractivity contribution >= 4 is 46.0 Å². The predicted molar refractivity (Wildman–Crippen MR) is 107 cm³/mol. The standard InChI is InChI=1S/C19H17ClN4O2S/c1-27-12-18-22-15-4-2-3-5-16(15)24(18)10-19(25)26-11-14-9-23-8-13(20)6-7-17(23)21-14/h2-9H,10-12H2,1H3. The van der Waals surface area contributed by atoms with E-state index in [-0.39, 0.29) is 19.1 Å². The molecule has 138 valence electrons. The van der Waals surface area contributed by atoms with Gasteiger partial charge in [-0.3, -0.25) is 4.79 Å². The molecule has 0 atom stereocenters. The Morgan fingerprint density at radius 1 is 1.19 bits per heavy atom. The van der Waals surface area contributed by atoms with Gasteiger partial charge in [0.1, 0.15) is 24.6 Å². The maximum Gasteiger partial charge on any atom is 0.326 e. The molecule has 0 aliphatic carbocycles. The van der Waals surface area contributed by atoms with E-state index in [1.54, 1.807) is 30.2 Å². The molecule has 0 fully saturated rings. The van der Waals surface area contributed by atoms with Crippen LogP contribution in [0.3, 0.4) is 0 Å². The zero-order chi connectivity index (χ0) is 18.8. The van der Waals surface area contributed by atoms with E-state index in [0.29, 0.717) is 10.7 Å². The van der Waals surface area contributed by atoms with Crippen molar-refractivity contribution in [2.75, 3.05) is 6.26 Å². The fraction of sp³-hybridized carbons (Fsp3) is 0.211. The monoisotopic (exact) mass is 400 g/mol. The number of pyridine rings is 1. The van der Waals surface area contributed by atoms with Crippen molar-refractivity contribution in [3.63, 3.8) is 0 Å². The largest absolute Gasteiger partial charge is 0.458 e. The molecular weight excluding hydrogens is 384 g/mol. The van der Waals surface area contributed by atoms with Crippen molar-refractivity contribution < 1.29 is 9.53 Å². The van der Waals surface area contributed by atoms with Gasteiger partial charge in [-0.05, 0) is 30.5 Å². The molecule has 0 aliphatic rings. The Hall–Kier alpha value is -2.51. The number of halogens is 1. The molecule has 4 rings (SSSR count). The predicted octanol–water partition coefficient (Wildman–Crippen LogP) is 3.94. The molecule has 0 N–H and O–H groups in total. The van der Waals surface area contributed by atoms with Gasteiger partial charge >= 0.3 is 5.97 Å². The van der Waals surface area contributed by atoms with Crippen molar-refractivity contribution in [2.24, 2.45) is 0 Å². The SMILES string of the molecule is CSCc1nc2ccccc2n1CC(=O)OCc1cn2cc(Cl)ccc2n1. The van der Waals surface area contributed by atoms with E-state index >= 15 is 0 Å². The number of fused-ring (bicyclic) bond motifs is 2. The number of para-hydroxylation sites is 2. The summed E-state index contributed by atoms with van der Waals surface area (Å²) in [5, 5.41) is 0.622. The quantitative estimate of drug-likeness (QED) is 0.459. The molecule has 3 heterocycles. The van der Waals surface area contributed by atoms with Crippen LogP contribution in [0.4, 0.5) is 0 Å². The molecule has 0 amide bonds. The summed E-state index contributed by atoms with van der Waals surface area (Å²) in [5.41, 5.74) is 3.24. The summed E-state index contributed by atoms with van der Waals surface area (Å²) in [6, 6.07) is 11.4. The Kier molecular flexibility index (Phi) is 5.05. The van der Waals surface area contributed by atoms with Crippen LogP contribution < -0.4 is 0 Å². The van der Waals surface area contributed by atoms with Crippen molar-refractivity contribution in [3.8, 4) is 0 Å². The van der Waals surface area contributed by atoms with E-state index in [4.69, 9.17) is 16.3 Å². The summed E-state index contributed by atoms with van der Waals surface area (Å²) in [5.74, 6) is 1.27. The van der Waals surface area contributed by atoms with Crippen molar-refractivity contribution in [1.29, 1.82) is 0 Å². The van der Waals surface area contributed by atoms with Crippen molar-refractivity contribution in [2.45, 2.75) is 18.9 Å². The first-order chi connectivity index (χ1) is 13.1. The lowest BCUT2D eigenvalue weighted by Gasteiger charge is -2.08. The van der Waals surface area contributed by atoms with Crippen LogP contribution in [0.5, 0.6) is 0 Å². The molecule has 4 aromatic rings. The summed E-state index contributed by atoms with van der Waals surface area (Å²) in [6.45, 7) is 0.234. The van der Waals surface area contributed by atoms with E-state index in [1.807, 2.05) is 45.6 Å². The van der Waals surface area contributed by atoms with E-state index in [1.165, 1.54) is 0 Å².